The van der Waals surface area contributed by atoms with E-state index < -0.39 is 11.9 Å². The van der Waals surface area contributed by atoms with E-state index in [4.69, 9.17) is 14.5 Å². The first-order valence-corrected chi connectivity index (χ1v) is 11.0. The molecule has 0 unspecified atom stereocenters. The number of fused-ring (bicyclic) bond motifs is 1. The lowest BCUT2D eigenvalue weighted by Gasteiger charge is -2.36. The zero-order valence-electron chi connectivity index (χ0n) is 18.7. The Labute approximate surface area is 193 Å². The molecule has 3 aromatic rings. The van der Waals surface area contributed by atoms with Crippen molar-refractivity contribution in [2.75, 3.05) is 51.4 Å². The molecule has 33 heavy (non-hydrogen) atoms. The first-order chi connectivity index (χ1) is 16.2. The lowest BCUT2D eigenvalue weighted by molar-refractivity contribution is -0.145. The molecule has 0 spiro atoms. The number of benzene rings is 2. The molecule has 0 bridgehead atoms. The molecule has 1 aliphatic heterocycles. The summed E-state index contributed by atoms with van der Waals surface area (Å²) in [5.74, 6) is -1.22. The fourth-order valence-corrected chi connectivity index (χ4v) is 3.92. The average Bonchev–Trinajstić information content (AvgIpc) is 2.85. The number of para-hydroxylation sites is 2. The number of methoxy groups -OCH3 is 1. The van der Waals surface area contributed by atoms with Crippen molar-refractivity contribution in [1.82, 2.24) is 14.9 Å². The molecule has 0 radical (unpaired) electrons. The van der Waals surface area contributed by atoms with Crippen LogP contribution in [0.25, 0.3) is 11.0 Å². The highest BCUT2D eigenvalue weighted by molar-refractivity contribution is 5.85. The van der Waals surface area contributed by atoms with E-state index in [1.807, 2.05) is 30.3 Å². The maximum absolute atomic E-state index is 12.7. The van der Waals surface area contributed by atoms with Gasteiger partial charge in [-0.1, -0.05) is 42.5 Å². The van der Waals surface area contributed by atoms with Gasteiger partial charge in [0.1, 0.15) is 12.3 Å². The molecule has 0 aliphatic carbocycles. The van der Waals surface area contributed by atoms with Crippen molar-refractivity contribution in [1.29, 1.82) is 5.26 Å². The summed E-state index contributed by atoms with van der Waals surface area (Å²) in [7, 11) is 1.53. The molecule has 1 fully saturated rings. The third-order valence-electron chi connectivity index (χ3n) is 5.67. The topological polar surface area (TPSA) is 91.6 Å². The summed E-state index contributed by atoms with van der Waals surface area (Å²) in [6, 6.07) is 19.9. The lowest BCUT2D eigenvalue weighted by Crippen LogP contribution is -2.46. The number of nitrogens with zero attached hydrogens (tertiary/aromatic N) is 5. The molecule has 1 saturated heterocycles. The highest BCUT2D eigenvalue weighted by Crippen LogP contribution is 2.29. The maximum atomic E-state index is 12.7. The largest absolute Gasteiger partial charge is 0.462 e. The van der Waals surface area contributed by atoms with Crippen molar-refractivity contribution in [3.63, 3.8) is 0 Å². The first-order valence-electron chi connectivity index (χ1n) is 11.0. The SMILES string of the molecule is COCCOC(=O)[C@@H](C#N)c1nc2ccccc2nc1N1CCN(Cc2ccccc2)CC1. The van der Waals surface area contributed by atoms with Crippen LogP contribution in [-0.2, 0) is 20.8 Å². The Balaban J connectivity index is 1.57. The third-order valence-corrected chi connectivity index (χ3v) is 5.67. The standard InChI is InChI=1S/C25H27N5O3/c1-32-15-16-33-25(31)20(17-26)23-24(28-22-10-6-5-9-21(22)27-23)30-13-11-29(12-14-30)18-19-7-3-2-4-8-19/h2-10,20H,11-16,18H2,1H3/t20-/m0/s1. The van der Waals surface area contributed by atoms with Crippen LogP contribution < -0.4 is 4.90 Å². The molecule has 8 nitrogen and oxygen atoms in total. The molecular weight excluding hydrogens is 418 g/mol. The minimum Gasteiger partial charge on any atom is -0.462 e. The smallest absolute Gasteiger partial charge is 0.329 e. The van der Waals surface area contributed by atoms with Gasteiger partial charge in [-0.15, -0.1) is 0 Å². The predicted octanol–water partition coefficient (Wildman–Crippen LogP) is 2.75. The molecule has 1 aromatic heterocycles. The summed E-state index contributed by atoms with van der Waals surface area (Å²) in [6.45, 7) is 4.38. The van der Waals surface area contributed by atoms with Crippen molar-refractivity contribution >= 4 is 22.8 Å². The molecule has 2 aromatic carbocycles. The van der Waals surface area contributed by atoms with Crippen LogP contribution in [0.5, 0.6) is 0 Å². The van der Waals surface area contributed by atoms with Crippen LogP contribution in [0, 0.1) is 11.3 Å². The summed E-state index contributed by atoms with van der Waals surface area (Å²) in [4.78, 5) is 26.7. The average molecular weight is 446 g/mol. The van der Waals surface area contributed by atoms with Gasteiger partial charge in [0.15, 0.2) is 11.7 Å². The highest BCUT2D eigenvalue weighted by Gasteiger charge is 2.31. The Bertz CT molecular complexity index is 1120. The van der Waals surface area contributed by atoms with E-state index in [-0.39, 0.29) is 13.2 Å². The van der Waals surface area contributed by atoms with Crippen molar-refractivity contribution in [3.8, 4) is 6.07 Å². The molecular formula is C25H27N5O3. The summed E-state index contributed by atoms with van der Waals surface area (Å²) < 4.78 is 10.2. The van der Waals surface area contributed by atoms with Gasteiger partial charge in [-0.3, -0.25) is 9.69 Å². The van der Waals surface area contributed by atoms with E-state index >= 15 is 0 Å². The van der Waals surface area contributed by atoms with Crippen LogP contribution >= 0.6 is 0 Å². The Kier molecular flexibility index (Phi) is 7.45. The number of piperazine rings is 1. The zero-order valence-corrected chi connectivity index (χ0v) is 18.7. The quantitative estimate of drug-likeness (QED) is 0.386. The molecule has 0 saturated carbocycles. The minimum absolute atomic E-state index is 0.0853. The Morgan fingerprint density at radius 2 is 1.67 bits per heavy atom. The second kappa shape index (κ2) is 10.9. The van der Waals surface area contributed by atoms with Gasteiger partial charge in [0, 0.05) is 39.8 Å². The molecule has 170 valence electrons. The number of ether oxygens (including phenoxy) is 2. The van der Waals surface area contributed by atoms with E-state index in [2.05, 4.69) is 45.1 Å². The van der Waals surface area contributed by atoms with E-state index in [0.29, 0.717) is 17.0 Å². The lowest BCUT2D eigenvalue weighted by atomic mass is 10.1. The van der Waals surface area contributed by atoms with E-state index in [1.165, 1.54) is 12.7 Å². The molecule has 0 N–H and O–H groups in total. The van der Waals surface area contributed by atoms with Crippen LogP contribution in [0.1, 0.15) is 17.2 Å². The molecule has 1 aliphatic rings. The summed E-state index contributed by atoms with van der Waals surface area (Å²) >= 11 is 0. The number of anilines is 1. The van der Waals surface area contributed by atoms with Crippen LogP contribution in [-0.4, -0.2) is 67.3 Å². The number of aromatic nitrogens is 2. The number of hydrogen-bond acceptors (Lipinski definition) is 8. The van der Waals surface area contributed by atoms with Crippen molar-refractivity contribution in [3.05, 3.63) is 65.9 Å². The van der Waals surface area contributed by atoms with Gasteiger partial charge in [0.25, 0.3) is 0 Å². The number of nitriles is 1. The van der Waals surface area contributed by atoms with Gasteiger partial charge in [-0.25, -0.2) is 9.97 Å². The summed E-state index contributed by atoms with van der Waals surface area (Å²) in [6.07, 6.45) is 0. The Morgan fingerprint density at radius 1 is 1.00 bits per heavy atom. The number of carbonyl (C=O) groups excluding carboxylic acids is 1. The number of esters is 1. The molecule has 1 atom stereocenters. The summed E-state index contributed by atoms with van der Waals surface area (Å²) in [5, 5.41) is 9.83. The van der Waals surface area contributed by atoms with Crippen LogP contribution in [0.4, 0.5) is 5.82 Å². The van der Waals surface area contributed by atoms with Gasteiger partial charge >= 0.3 is 5.97 Å². The highest BCUT2D eigenvalue weighted by atomic mass is 16.6. The number of hydrogen-bond donors (Lipinski definition) is 0. The van der Waals surface area contributed by atoms with Gasteiger partial charge in [-0.05, 0) is 17.7 Å². The van der Waals surface area contributed by atoms with Crippen molar-refractivity contribution < 1.29 is 14.3 Å². The van der Waals surface area contributed by atoms with Gasteiger partial charge < -0.3 is 14.4 Å². The minimum atomic E-state index is -1.16. The normalized spacial score (nSPS) is 15.2. The molecule has 2 heterocycles. The Hall–Kier alpha value is -3.54. The van der Waals surface area contributed by atoms with Gasteiger partial charge in [0.05, 0.1) is 23.7 Å². The fourth-order valence-electron chi connectivity index (χ4n) is 3.92. The van der Waals surface area contributed by atoms with Crippen LogP contribution in [0.3, 0.4) is 0 Å². The first kappa shape index (κ1) is 22.6. The Morgan fingerprint density at radius 3 is 2.33 bits per heavy atom. The third kappa shape index (κ3) is 5.45. The number of carbonyl (C=O) groups is 1. The fraction of sp³-hybridized carbons (Fsp3) is 0.360. The predicted molar refractivity (Wildman–Crippen MR) is 125 cm³/mol. The van der Waals surface area contributed by atoms with Crippen molar-refractivity contribution in [2.24, 2.45) is 0 Å². The van der Waals surface area contributed by atoms with Crippen LogP contribution in [0.2, 0.25) is 0 Å². The second-order valence-corrected chi connectivity index (χ2v) is 7.89. The van der Waals surface area contributed by atoms with Gasteiger partial charge in [0.2, 0.25) is 0 Å². The maximum Gasteiger partial charge on any atom is 0.329 e. The number of rotatable bonds is 8. The van der Waals surface area contributed by atoms with E-state index in [1.54, 1.807) is 0 Å². The molecule has 4 rings (SSSR count). The van der Waals surface area contributed by atoms with E-state index in [0.717, 1.165) is 38.2 Å². The van der Waals surface area contributed by atoms with Crippen LogP contribution in [0.15, 0.2) is 54.6 Å². The summed E-state index contributed by atoms with van der Waals surface area (Å²) in [5.41, 5.74) is 2.99. The van der Waals surface area contributed by atoms with E-state index in [9.17, 15) is 10.1 Å². The van der Waals surface area contributed by atoms with Gasteiger partial charge in [-0.2, -0.15) is 5.26 Å². The molecule has 0 amide bonds. The van der Waals surface area contributed by atoms with Crippen molar-refractivity contribution in [2.45, 2.75) is 12.5 Å². The monoisotopic (exact) mass is 445 g/mol. The zero-order chi connectivity index (χ0) is 23.0. The second-order valence-electron chi connectivity index (χ2n) is 7.89. The molecule has 8 heteroatoms.